The molecule has 0 aromatic carbocycles. The summed E-state index contributed by atoms with van der Waals surface area (Å²) < 4.78 is 22.3. The largest absolute Gasteiger partial charge is 0.349 e. The van der Waals surface area contributed by atoms with Crippen LogP contribution in [0.3, 0.4) is 0 Å². The van der Waals surface area contributed by atoms with E-state index in [-0.39, 0.29) is 17.7 Å². The van der Waals surface area contributed by atoms with Gasteiger partial charge in [0, 0.05) is 26.6 Å². The maximum absolute atomic E-state index is 11.2. The molecule has 1 heterocycles. The highest BCUT2D eigenvalue weighted by Gasteiger charge is 2.26. The summed E-state index contributed by atoms with van der Waals surface area (Å²) in [6.45, 7) is 0.708. The van der Waals surface area contributed by atoms with Crippen LogP contribution in [0, 0.1) is 0 Å². The predicted molar refractivity (Wildman–Crippen MR) is 63.0 cm³/mol. The van der Waals surface area contributed by atoms with E-state index in [4.69, 9.17) is 0 Å². The highest BCUT2D eigenvalue weighted by Crippen LogP contribution is 2.11. The molecule has 0 spiro atoms. The van der Waals surface area contributed by atoms with Crippen LogP contribution >= 0.6 is 0 Å². The van der Waals surface area contributed by atoms with Gasteiger partial charge in [0.1, 0.15) is 0 Å². The first kappa shape index (κ1) is 13.4. The van der Waals surface area contributed by atoms with Gasteiger partial charge in [-0.25, -0.2) is 8.42 Å². The second kappa shape index (κ2) is 5.63. The van der Waals surface area contributed by atoms with Crippen molar-refractivity contribution < 1.29 is 13.2 Å². The van der Waals surface area contributed by atoms with Crippen molar-refractivity contribution in [2.24, 2.45) is 0 Å². The van der Waals surface area contributed by atoms with Crippen LogP contribution in [-0.2, 0) is 14.6 Å². The van der Waals surface area contributed by atoms with Gasteiger partial charge in [0.05, 0.1) is 11.5 Å². The second-order valence-corrected chi connectivity index (χ2v) is 6.67. The summed E-state index contributed by atoms with van der Waals surface area (Å²) in [5.74, 6) is 0.650. The van der Waals surface area contributed by atoms with Crippen molar-refractivity contribution >= 4 is 15.7 Å². The van der Waals surface area contributed by atoms with E-state index in [0.29, 0.717) is 25.1 Å². The predicted octanol–water partition coefficient (Wildman–Crippen LogP) is -0.368. The molecule has 0 bridgehead atoms. The lowest BCUT2D eigenvalue weighted by molar-refractivity contribution is -0.128. The first-order valence-electron chi connectivity index (χ1n) is 5.55. The van der Waals surface area contributed by atoms with Crippen molar-refractivity contribution in [1.29, 1.82) is 0 Å². The average Bonchev–Trinajstić information content (AvgIpc) is 2.52. The number of carbonyl (C=O) groups excluding carboxylic acids is 1. The number of rotatable bonds is 5. The molecule has 16 heavy (non-hydrogen) atoms. The van der Waals surface area contributed by atoms with Crippen molar-refractivity contribution in [1.82, 2.24) is 10.2 Å². The van der Waals surface area contributed by atoms with Crippen LogP contribution in [0.5, 0.6) is 0 Å². The third-order valence-electron chi connectivity index (χ3n) is 2.73. The molecule has 0 aromatic rings. The van der Waals surface area contributed by atoms with Crippen molar-refractivity contribution in [2.45, 2.75) is 25.3 Å². The number of sulfone groups is 1. The summed E-state index contributed by atoms with van der Waals surface area (Å²) in [6, 6.07) is 0.0828. The maximum Gasteiger partial charge on any atom is 0.222 e. The number of nitrogens with zero attached hydrogens (tertiary/aromatic N) is 1. The summed E-state index contributed by atoms with van der Waals surface area (Å²) in [5, 5.41) is 3.18. The fraction of sp³-hybridized carbons (Fsp3) is 0.900. The maximum atomic E-state index is 11.2. The molecule has 1 rings (SSSR count). The lowest BCUT2D eigenvalue weighted by Gasteiger charge is -2.12. The van der Waals surface area contributed by atoms with Gasteiger partial charge in [-0.15, -0.1) is 0 Å². The van der Waals surface area contributed by atoms with Gasteiger partial charge in [-0.3, -0.25) is 4.79 Å². The van der Waals surface area contributed by atoms with E-state index >= 15 is 0 Å². The van der Waals surface area contributed by atoms with E-state index in [0.717, 1.165) is 6.42 Å². The molecule has 1 fully saturated rings. The third kappa shape index (κ3) is 4.49. The van der Waals surface area contributed by atoms with Gasteiger partial charge >= 0.3 is 0 Å². The van der Waals surface area contributed by atoms with Crippen LogP contribution in [0.2, 0.25) is 0 Å². The average molecular weight is 248 g/mol. The normalized spacial score (nSPS) is 23.2. The van der Waals surface area contributed by atoms with Gasteiger partial charge in [-0.2, -0.15) is 0 Å². The molecular weight excluding hydrogens is 228 g/mol. The monoisotopic (exact) mass is 248 g/mol. The van der Waals surface area contributed by atoms with Crippen molar-refractivity contribution in [3.05, 3.63) is 0 Å². The second-order valence-electron chi connectivity index (χ2n) is 4.45. The molecule has 1 N–H and O–H groups in total. The molecule has 0 aromatic heterocycles. The van der Waals surface area contributed by atoms with Crippen LogP contribution in [0.1, 0.15) is 19.3 Å². The first-order valence-corrected chi connectivity index (χ1v) is 7.37. The van der Waals surface area contributed by atoms with E-state index in [1.807, 2.05) is 0 Å². The summed E-state index contributed by atoms with van der Waals surface area (Å²) in [5.41, 5.74) is 0. The lowest BCUT2D eigenvalue weighted by atomic mass is 10.2. The molecule has 1 amide bonds. The van der Waals surface area contributed by atoms with E-state index in [9.17, 15) is 13.2 Å². The van der Waals surface area contributed by atoms with E-state index in [1.54, 1.807) is 19.0 Å². The van der Waals surface area contributed by atoms with Crippen LogP contribution in [-0.4, -0.2) is 57.4 Å². The Kier molecular flexibility index (Phi) is 4.73. The van der Waals surface area contributed by atoms with Gasteiger partial charge in [-0.1, -0.05) is 0 Å². The Morgan fingerprint density at radius 2 is 2.12 bits per heavy atom. The van der Waals surface area contributed by atoms with Gasteiger partial charge in [-0.05, 0) is 19.4 Å². The van der Waals surface area contributed by atoms with Crippen molar-refractivity contribution in [3.63, 3.8) is 0 Å². The topological polar surface area (TPSA) is 66.5 Å². The van der Waals surface area contributed by atoms with Crippen molar-refractivity contribution in [2.75, 3.05) is 32.1 Å². The number of hydrogen-bond acceptors (Lipinski definition) is 4. The smallest absolute Gasteiger partial charge is 0.222 e. The lowest BCUT2D eigenvalue weighted by Crippen LogP contribution is -2.31. The summed E-state index contributed by atoms with van der Waals surface area (Å²) >= 11 is 0. The molecule has 1 atom stereocenters. The van der Waals surface area contributed by atoms with Gasteiger partial charge < -0.3 is 10.2 Å². The number of carbonyl (C=O) groups is 1. The number of nitrogens with one attached hydrogen (secondary N) is 1. The highest BCUT2D eigenvalue weighted by atomic mass is 32.2. The zero-order valence-corrected chi connectivity index (χ0v) is 10.7. The molecule has 1 saturated heterocycles. The molecule has 1 aliphatic heterocycles. The number of hydrogen-bond donors (Lipinski definition) is 1. The Morgan fingerprint density at radius 1 is 1.44 bits per heavy atom. The summed E-state index contributed by atoms with van der Waals surface area (Å²) in [6.07, 6.45) is 1.97. The molecular formula is C10H20N2O3S. The summed E-state index contributed by atoms with van der Waals surface area (Å²) in [7, 11) is 0.671. The van der Waals surface area contributed by atoms with E-state index < -0.39 is 9.84 Å². The highest BCUT2D eigenvalue weighted by molar-refractivity contribution is 7.91. The SMILES string of the molecule is CN(C)C(=O)CCCNC1CCS(=O)(=O)C1. The minimum Gasteiger partial charge on any atom is -0.349 e. The summed E-state index contributed by atoms with van der Waals surface area (Å²) in [4.78, 5) is 12.8. The molecule has 0 radical (unpaired) electrons. The fourth-order valence-corrected chi connectivity index (χ4v) is 3.43. The van der Waals surface area contributed by atoms with Gasteiger partial charge in [0.25, 0.3) is 0 Å². The Morgan fingerprint density at radius 3 is 2.62 bits per heavy atom. The van der Waals surface area contributed by atoms with Gasteiger partial charge in [0.2, 0.25) is 5.91 Å². The van der Waals surface area contributed by atoms with Crippen LogP contribution in [0.25, 0.3) is 0 Å². The quantitative estimate of drug-likeness (QED) is 0.674. The number of amides is 1. The Balaban J connectivity index is 2.11. The minimum absolute atomic E-state index is 0.0828. The zero-order valence-electron chi connectivity index (χ0n) is 9.90. The molecule has 6 heteroatoms. The Hall–Kier alpha value is -0.620. The molecule has 1 unspecified atom stereocenters. The zero-order chi connectivity index (χ0) is 12.2. The minimum atomic E-state index is -2.80. The third-order valence-corrected chi connectivity index (χ3v) is 4.50. The fourth-order valence-electron chi connectivity index (χ4n) is 1.73. The molecule has 1 aliphatic rings. The van der Waals surface area contributed by atoms with E-state index in [1.165, 1.54) is 0 Å². The van der Waals surface area contributed by atoms with Gasteiger partial charge in [0.15, 0.2) is 9.84 Å². The first-order chi connectivity index (χ1) is 7.41. The Bertz CT molecular complexity index is 338. The van der Waals surface area contributed by atoms with E-state index in [2.05, 4.69) is 5.32 Å². The Labute approximate surface area is 97.1 Å². The molecule has 0 aliphatic carbocycles. The standard InChI is InChI=1S/C10H20N2O3S/c1-12(2)10(13)4-3-6-11-9-5-7-16(14,15)8-9/h9,11H,3-8H2,1-2H3. The molecule has 0 saturated carbocycles. The van der Waals surface area contributed by atoms with Crippen molar-refractivity contribution in [3.8, 4) is 0 Å². The van der Waals surface area contributed by atoms with Crippen LogP contribution < -0.4 is 5.32 Å². The molecule has 5 nitrogen and oxygen atoms in total. The van der Waals surface area contributed by atoms with Crippen LogP contribution in [0.4, 0.5) is 0 Å². The molecule has 94 valence electrons. The van der Waals surface area contributed by atoms with Crippen LogP contribution in [0.15, 0.2) is 0 Å².